The molecule has 7 heteroatoms. The lowest BCUT2D eigenvalue weighted by Gasteiger charge is -2.22. The number of hydrogen-bond donors (Lipinski definition) is 2. The lowest BCUT2D eigenvalue weighted by Crippen LogP contribution is -2.40. The fourth-order valence-corrected chi connectivity index (χ4v) is 3.88. The first kappa shape index (κ1) is 15.8. The fraction of sp³-hybridized carbons (Fsp3) is 0.538. The average Bonchev–Trinajstić information content (AvgIpc) is 2.87. The van der Waals surface area contributed by atoms with Crippen molar-refractivity contribution in [3.05, 3.63) is 22.7 Å². The number of nitrogens with zero attached hydrogens (tertiary/aromatic N) is 1. The van der Waals surface area contributed by atoms with Crippen LogP contribution in [-0.2, 0) is 10.0 Å². The fourth-order valence-electron chi connectivity index (χ4n) is 2.52. The van der Waals surface area contributed by atoms with Gasteiger partial charge in [-0.3, -0.25) is 4.90 Å². The van der Waals surface area contributed by atoms with Gasteiger partial charge in [0.25, 0.3) is 0 Å². The standard InChI is InChI=1S/C13H20BrN3O2S/c1-2-17-7-3-4-10(17)9-16-20(18,19)11-5-6-12(14)13(15)8-11/h5-6,8,10,16H,2-4,7,9,15H2,1H3. The molecule has 1 fully saturated rings. The quantitative estimate of drug-likeness (QED) is 0.784. The van der Waals surface area contributed by atoms with Crippen LogP contribution in [-0.4, -0.2) is 39.0 Å². The van der Waals surface area contributed by atoms with Crippen LogP contribution in [0.2, 0.25) is 0 Å². The summed E-state index contributed by atoms with van der Waals surface area (Å²) in [4.78, 5) is 2.51. The van der Waals surface area contributed by atoms with Gasteiger partial charge in [0.1, 0.15) is 0 Å². The smallest absolute Gasteiger partial charge is 0.240 e. The molecule has 1 aromatic rings. The summed E-state index contributed by atoms with van der Waals surface area (Å²) in [7, 11) is -3.50. The Kier molecular flexibility index (Phi) is 5.06. The first-order chi connectivity index (χ1) is 9.44. The molecule has 3 N–H and O–H groups in total. The molecule has 0 radical (unpaired) electrons. The molecule has 1 atom stereocenters. The van der Waals surface area contributed by atoms with Crippen LogP contribution in [0.5, 0.6) is 0 Å². The Hall–Kier alpha value is -0.630. The second-order valence-corrected chi connectivity index (χ2v) is 7.58. The number of likely N-dealkylation sites (N-methyl/N-ethyl adjacent to an activating group) is 1. The summed E-state index contributed by atoms with van der Waals surface area (Å²) in [5, 5.41) is 0. The third-order valence-electron chi connectivity index (χ3n) is 3.69. The van der Waals surface area contributed by atoms with E-state index < -0.39 is 10.0 Å². The van der Waals surface area contributed by atoms with E-state index in [1.165, 1.54) is 6.07 Å². The largest absolute Gasteiger partial charge is 0.398 e. The van der Waals surface area contributed by atoms with E-state index in [2.05, 4.69) is 32.5 Å². The van der Waals surface area contributed by atoms with E-state index in [1.54, 1.807) is 12.1 Å². The lowest BCUT2D eigenvalue weighted by molar-refractivity contribution is 0.268. The zero-order valence-electron chi connectivity index (χ0n) is 11.5. The van der Waals surface area contributed by atoms with Gasteiger partial charge in [-0.15, -0.1) is 0 Å². The van der Waals surface area contributed by atoms with E-state index in [0.29, 0.717) is 22.7 Å². The van der Waals surface area contributed by atoms with Crippen LogP contribution in [0, 0.1) is 0 Å². The van der Waals surface area contributed by atoms with E-state index in [4.69, 9.17) is 5.73 Å². The maximum absolute atomic E-state index is 12.2. The highest BCUT2D eigenvalue weighted by Crippen LogP contribution is 2.23. The van der Waals surface area contributed by atoms with E-state index in [9.17, 15) is 8.42 Å². The first-order valence-corrected chi connectivity index (χ1v) is 9.00. The maximum Gasteiger partial charge on any atom is 0.240 e. The second kappa shape index (κ2) is 6.43. The molecule has 5 nitrogen and oxygen atoms in total. The maximum atomic E-state index is 12.2. The van der Waals surface area contributed by atoms with Crippen LogP contribution in [0.3, 0.4) is 0 Å². The number of halogens is 1. The monoisotopic (exact) mass is 361 g/mol. The number of nitrogens with two attached hydrogens (primary N) is 1. The highest BCUT2D eigenvalue weighted by atomic mass is 79.9. The molecule has 1 aliphatic heterocycles. The molecule has 1 heterocycles. The normalized spacial score (nSPS) is 20.4. The van der Waals surface area contributed by atoms with Gasteiger partial charge in [-0.1, -0.05) is 6.92 Å². The highest BCUT2D eigenvalue weighted by Gasteiger charge is 2.25. The van der Waals surface area contributed by atoms with Crippen molar-refractivity contribution < 1.29 is 8.42 Å². The summed E-state index contributed by atoms with van der Waals surface area (Å²) in [6.45, 7) is 4.56. The number of nitrogens with one attached hydrogen (secondary N) is 1. The van der Waals surface area contributed by atoms with Crippen LogP contribution >= 0.6 is 15.9 Å². The van der Waals surface area contributed by atoms with Crippen molar-refractivity contribution in [2.45, 2.75) is 30.7 Å². The number of benzene rings is 1. The van der Waals surface area contributed by atoms with Crippen LogP contribution in [0.4, 0.5) is 5.69 Å². The summed E-state index contributed by atoms with van der Waals surface area (Å²) in [6.07, 6.45) is 2.17. The van der Waals surface area contributed by atoms with Gasteiger partial charge in [-0.2, -0.15) is 0 Å². The Morgan fingerprint density at radius 2 is 2.25 bits per heavy atom. The topological polar surface area (TPSA) is 75.4 Å². The Bertz CT molecular complexity index is 577. The Morgan fingerprint density at radius 3 is 2.90 bits per heavy atom. The van der Waals surface area contributed by atoms with Gasteiger partial charge in [0.2, 0.25) is 10.0 Å². The zero-order valence-corrected chi connectivity index (χ0v) is 13.9. The molecule has 0 bridgehead atoms. The van der Waals surface area contributed by atoms with E-state index in [1.807, 2.05) is 0 Å². The molecule has 0 aliphatic carbocycles. The van der Waals surface area contributed by atoms with E-state index in [0.717, 1.165) is 25.9 Å². The molecule has 112 valence electrons. The molecule has 0 saturated carbocycles. The zero-order chi connectivity index (χ0) is 14.8. The van der Waals surface area contributed by atoms with Gasteiger partial charge in [0, 0.05) is 22.7 Å². The first-order valence-electron chi connectivity index (χ1n) is 6.73. The average molecular weight is 362 g/mol. The Labute approximate surface area is 128 Å². The molecule has 2 rings (SSSR count). The molecule has 1 saturated heterocycles. The minimum absolute atomic E-state index is 0.208. The van der Waals surface area contributed by atoms with Crippen molar-refractivity contribution in [2.75, 3.05) is 25.4 Å². The lowest BCUT2D eigenvalue weighted by atomic mass is 10.2. The van der Waals surface area contributed by atoms with Gasteiger partial charge in [-0.25, -0.2) is 13.1 Å². The van der Waals surface area contributed by atoms with Crippen molar-refractivity contribution in [1.82, 2.24) is 9.62 Å². The van der Waals surface area contributed by atoms with Gasteiger partial charge in [0.15, 0.2) is 0 Å². The Morgan fingerprint density at radius 1 is 1.50 bits per heavy atom. The van der Waals surface area contributed by atoms with Crippen molar-refractivity contribution in [1.29, 1.82) is 0 Å². The predicted octanol–water partition coefficient (Wildman–Crippen LogP) is 1.79. The summed E-state index contributed by atoms with van der Waals surface area (Å²) in [5.74, 6) is 0. The number of hydrogen-bond acceptors (Lipinski definition) is 4. The molecule has 0 aromatic heterocycles. The van der Waals surface area contributed by atoms with Crippen LogP contribution < -0.4 is 10.5 Å². The molecular weight excluding hydrogens is 342 g/mol. The van der Waals surface area contributed by atoms with Crippen molar-refractivity contribution in [3.63, 3.8) is 0 Å². The van der Waals surface area contributed by atoms with Crippen LogP contribution in [0.15, 0.2) is 27.6 Å². The Balaban J connectivity index is 2.05. The molecule has 20 heavy (non-hydrogen) atoms. The van der Waals surface area contributed by atoms with Gasteiger partial charge < -0.3 is 5.73 Å². The summed E-state index contributed by atoms with van der Waals surface area (Å²) in [5.41, 5.74) is 6.15. The van der Waals surface area contributed by atoms with Crippen molar-refractivity contribution >= 4 is 31.6 Å². The highest BCUT2D eigenvalue weighted by molar-refractivity contribution is 9.10. The van der Waals surface area contributed by atoms with Gasteiger partial charge in [0.05, 0.1) is 4.90 Å². The summed E-state index contributed by atoms with van der Waals surface area (Å²) in [6, 6.07) is 4.97. The second-order valence-electron chi connectivity index (χ2n) is 4.96. The molecule has 1 aromatic carbocycles. The van der Waals surface area contributed by atoms with Gasteiger partial charge >= 0.3 is 0 Å². The van der Waals surface area contributed by atoms with Crippen molar-refractivity contribution in [2.24, 2.45) is 0 Å². The molecule has 1 aliphatic rings. The van der Waals surface area contributed by atoms with Gasteiger partial charge in [-0.05, 0) is 60.1 Å². The number of rotatable bonds is 5. The number of sulfonamides is 1. The summed E-state index contributed by atoms with van der Waals surface area (Å²) < 4.78 is 27.9. The molecule has 0 amide bonds. The SMILES string of the molecule is CCN1CCCC1CNS(=O)(=O)c1ccc(Br)c(N)c1. The molecule has 1 unspecified atom stereocenters. The minimum Gasteiger partial charge on any atom is -0.398 e. The van der Waals surface area contributed by atoms with E-state index in [-0.39, 0.29) is 4.90 Å². The minimum atomic E-state index is -3.50. The van der Waals surface area contributed by atoms with Crippen LogP contribution in [0.25, 0.3) is 0 Å². The number of anilines is 1. The molecule has 0 spiro atoms. The number of nitrogen functional groups attached to an aromatic ring is 1. The molecular formula is C13H20BrN3O2S. The third kappa shape index (κ3) is 3.52. The predicted molar refractivity (Wildman–Crippen MR) is 84.0 cm³/mol. The van der Waals surface area contributed by atoms with Crippen molar-refractivity contribution in [3.8, 4) is 0 Å². The van der Waals surface area contributed by atoms with Crippen LogP contribution in [0.1, 0.15) is 19.8 Å². The number of likely N-dealkylation sites (tertiary alicyclic amines) is 1. The summed E-state index contributed by atoms with van der Waals surface area (Å²) >= 11 is 3.26. The third-order valence-corrected chi connectivity index (χ3v) is 5.84. The van der Waals surface area contributed by atoms with E-state index >= 15 is 0 Å².